The summed E-state index contributed by atoms with van der Waals surface area (Å²) in [7, 11) is 0. The molecule has 3 rings (SSSR count). The Kier molecular flexibility index (Phi) is 4.58. The highest BCUT2D eigenvalue weighted by molar-refractivity contribution is 7.10. The highest BCUT2D eigenvalue weighted by Crippen LogP contribution is 2.36. The number of carbonyl (C=O) groups is 2. The predicted octanol–water partition coefficient (Wildman–Crippen LogP) is 1.36. The predicted molar refractivity (Wildman–Crippen MR) is 87.8 cm³/mol. The molecule has 24 heavy (non-hydrogen) atoms. The SMILES string of the molecule is N#Cc1[c]sc2c1CCN(C(=O)CCc1cccnc1)C2C(N)=O. The molecule has 7 heteroatoms. The van der Waals surface area contributed by atoms with Crippen LogP contribution in [0, 0.1) is 16.7 Å². The van der Waals surface area contributed by atoms with Gasteiger partial charge in [-0.25, -0.2) is 0 Å². The monoisotopic (exact) mass is 339 g/mol. The highest BCUT2D eigenvalue weighted by atomic mass is 32.1. The molecule has 6 nitrogen and oxygen atoms in total. The zero-order chi connectivity index (χ0) is 17.1. The third kappa shape index (κ3) is 3.01. The quantitative estimate of drug-likeness (QED) is 0.909. The lowest BCUT2D eigenvalue weighted by Gasteiger charge is -2.33. The summed E-state index contributed by atoms with van der Waals surface area (Å²) in [6, 6.07) is 5.00. The molecule has 2 aromatic rings. The number of thiophene rings is 1. The van der Waals surface area contributed by atoms with E-state index in [-0.39, 0.29) is 12.3 Å². The summed E-state index contributed by atoms with van der Waals surface area (Å²) in [5.41, 5.74) is 7.75. The summed E-state index contributed by atoms with van der Waals surface area (Å²) in [6.07, 6.45) is 4.79. The number of nitrogens with zero attached hydrogens (tertiary/aromatic N) is 3. The van der Waals surface area contributed by atoms with Crippen molar-refractivity contribution in [2.75, 3.05) is 6.54 Å². The van der Waals surface area contributed by atoms with E-state index in [1.165, 1.54) is 16.2 Å². The van der Waals surface area contributed by atoms with Crippen molar-refractivity contribution in [1.82, 2.24) is 9.88 Å². The topological polar surface area (TPSA) is 100 Å². The summed E-state index contributed by atoms with van der Waals surface area (Å²) in [5.74, 6) is -0.703. The number of fused-ring (bicyclic) bond motifs is 1. The van der Waals surface area contributed by atoms with Crippen LogP contribution in [-0.4, -0.2) is 28.2 Å². The maximum absolute atomic E-state index is 12.6. The Bertz CT molecular complexity index is 810. The van der Waals surface area contributed by atoms with Gasteiger partial charge < -0.3 is 10.6 Å². The smallest absolute Gasteiger partial charge is 0.245 e. The minimum absolute atomic E-state index is 0.125. The number of pyridine rings is 1. The van der Waals surface area contributed by atoms with Crippen LogP contribution in [0.3, 0.4) is 0 Å². The molecule has 2 aromatic heterocycles. The van der Waals surface area contributed by atoms with Crippen LogP contribution in [0.5, 0.6) is 0 Å². The summed E-state index contributed by atoms with van der Waals surface area (Å²) >= 11 is 1.20. The van der Waals surface area contributed by atoms with Gasteiger partial charge in [-0.15, -0.1) is 11.3 Å². The van der Waals surface area contributed by atoms with Crippen molar-refractivity contribution in [3.05, 3.63) is 51.5 Å². The second kappa shape index (κ2) is 6.81. The van der Waals surface area contributed by atoms with Gasteiger partial charge in [0.15, 0.2) is 0 Å². The van der Waals surface area contributed by atoms with Gasteiger partial charge in [0.25, 0.3) is 0 Å². The Labute approximate surface area is 143 Å². The van der Waals surface area contributed by atoms with Gasteiger partial charge >= 0.3 is 0 Å². The van der Waals surface area contributed by atoms with Gasteiger partial charge in [0.2, 0.25) is 11.8 Å². The van der Waals surface area contributed by atoms with E-state index < -0.39 is 11.9 Å². The number of nitrogens with two attached hydrogens (primary N) is 1. The number of hydrogen-bond donors (Lipinski definition) is 1. The maximum atomic E-state index is 12.6. The molecule has 1 atom stereocenters. The molecule has 0 saturated heterocycles. The van der Waals surface area contributed by atoms with E-state index in [2.05, 4.69) is 16.4 Å². The average Bonchev–Trinajstić information content (AvgIpc) is 3.02. The Hall–Kier alpha value is -2.72. The van der Waals surface area contributed by atoms with E-state index in [0.29, 0.717) is 29.8 Å². The van der Waals surface area contributed by atoms with Crippen molar-refractivity contribution >= 4 is 23.2 Å². The number of aromatic nitrogens is 1. The molecule has 0 saturated carbocycles. The molecule has 1 unspecified atom stereocenters. The summed E-state index contributed by atoms with van der Waals surface area (Å²) in [5, 5.41) is 12.0. The first-order valence-electron chi connectivity index (χ1n) is 7.53. The fourth-order valence-corrected chi connectivity index (χ4v) is 3.97. The van der Waals surface area contributed by atoms with Crippen LogP contribution in [0.1, 0.15) is 34.0 Å². The standard InChI is InChI=1S/C17H15N4O2S/c18-8-12-10-24-16-13(12)5-7-21(15(16)17(19)23)14(22)4-3-11-2-1-6-20-9-11/h1-2,6,9,15H,3-5,7H2,(H2,19,23). The van der Waals surface area contributed by atoms with Crippen LogP contribution in [-0.2, 0) is 22.4 Å². The number of hydrogen-bond acceptors (Lipinski definition) is 5. The normalized spacial score (nSPS) is 16.3. The zero-order valence-corrected chi connectivity index (χ0v) is 13.7. The molecule has 2 N–H and O–H groups in total. The van der Waals surface area contributed by atoms with Gasteiger partial charge in [-0.2, -0.15) is 5.26 Å². The molecule has 1 radical (unpaired) electrons. The van der Waals surface area contributed by atoms with Crippen LogP contribution in [0.25, 0.3) is 0 Å². The molecule has 3 heterocycles. The molecule has 0 aromatic carbocycles. The molecular formula is C17H15N4O2S. The zero-order valence-electron chi connectivity index (χ0n) is 12.9. The number of nitriles is 1. The lowest BCUT2D eigenvalue weighted by Crippen LogP contribution is -2.45. The molecule has 0 spiro atoms. The number of primary amides is 1. The molecule has 2 amide bonds. The van der Waals surface area contributed by atoms with Gasteiger partial charge in [0.05, 0.1) is 10.9 Å². The van der Waals surface area contributed by atoms with Crippen LogP contribution in [0.4, 0.5) is 0 Å². The Morgan fingerprint density at radius 3 is 3.04 bits per heavy atom. The number of amides is 2. The van der Waals surface area contributed by atoms with Crippen molar-refractivity contribution in [1.29, 1.82) is 5.26 Å². The highest BCUT2D eigenvalue weighted by Gasteiger charge is 2.36. The van der Waals surface area contributed by atoms with E-state index in [9.17, 15) is 9.59 Å². The van der Waals surface area contributed by atoms with E-state index >= 15 is 0 Å². The van der Waals surface area contributed by atoms with E-state index in [1.807, 2.05) is 12.1 Å². The minimum atomic E-state index is -0.807. The Morgan fingerprint density at radius 1 is 1.54 bits per heavy atom. The molecule has 0 fully saturated rings. The van der Waals surface area contributed by atoms with E-state index in [1.54, 1.807) is 12.4 Å². The largest absolute Gasteiger partial charge is 0.368 e. The van der Waals surface area contributed by atoms with Gasteiger partial charge in [-0.3, -0.25) is 14.6 Å². The Morgan fingerprint density at radius 2 is 2.38 bits per heavy atom. The Balaban J connectivity index is 1.78. The molecule has 0 aliphatic carbocycles. The van der Waals surface area contributed by atoms with E-state index in [4.69, 9.17) is 11.0 Å². The fraction of sp³-hybridized carbons (Fsp3) is 0.294. The number of aryl methyl sites for hydroxylation is 1. The first kappa shape index (κ1) is 16.1. The van der Waals surface area contributed by atoms with Crippen molar-refractivity contribution < 1.29 is 9.59 Å². The lowest BCUT2D eigenvalue weighted by atomic mass is 9.97. The van der Waals surface area contributed by atoms with Crippen molar-refractivity contribution in [2.45, 2.75) is 25.3 Å². The van der Waals surface area contributed by atoms with Gasteiger partial charge in [0.1, 0.15) is 12.1 Å². The second-order valence-corrected chi connectivity index (χ2v) is 6.39. The first-order valence-corrected chi connectivity index (χ1v) is 8.34. The van der Waals surface area contributed by atoms with Crippen LogP contribution >= 0.6 is 11.3 Å². The van der Waals surface area contributed by atoms with Crippen LogP contribution in [0.15, 0.2) is 24.5 Å². The van der Waals surface area contributed by atoms with E-state index in [0.717, 1.165) is 11.1 Å². The average molecular weight is 339 g/mol. The fourth-order valence-electron chi connectivity index (χ4n) is 2.91. The summed E-state index contributed by atoms with van der Waals surface area (Å²) in [6.45, 7) is 0.381. The second-order valence-electron chi connectivity index (χ2n) is 5.54. The van der Waals surface area contributed by atoms with Gasteiger partial charge in [-0.1, -0.05) is 6.07 Å². The number of rotatable bonds is 4. The third-order valence-corrected chi connectivity index (χ3v) is 5.07. The molecule has 1 aliphatic rings. The van der Waals surface area contributed by atoms with Crippen molar-refractivity contribution in [2.24, 2.45) is 5.73 Å². The van der Waals surface area contributed by atoms with Gasteiger partial charge in [-0.05, 0) is 30.0 Å². The lowest BCUT2D eigenvalue weighted by molar-refractivity contribution is -0.140. The summed E-state index contributed by atoms with van der Waals surface area (Å²) in [4.78, 5) is 30.7. The molecule has 1 aliphatic heterocycles. The minimum Gasteiger partial charge on any atom is -0.368 e. The van der Waals surface area contributed by atoms with Crippen LogP contribution < -0.4 is 5.73 Å². The molecular weight excluding hydrogens is 324 g/mol. The molecule has 121 valence electrons. The van der Waals surface area contributed by atoms with Crippen molar-refractivity contribution in [3.8, 4) is 6.07 Å². The van der Waals surface area contributed by atoms with Crippen molar-refractivity contribution in [3.63, 3.8) is 0 Å². The van der Waals surface area contributed by atoms with Gasteiger partial charge in [0, 0.05) is 30.2 Å². The molecule has 0 bridgehead atoms. The summed E-state index contributed by atoms with van der Waals surface area (Å²) < 4.78 is 0. The number of carbonyl (C=O) groups excluding carboxylic acids is 2. The first-order chi connectivity index (χ1) is 11.6. The maximum Gasteiger partial charge on any atom is 0.245 e. The third-order valence-electron chi connectivity index (χ3n) is 4.08. The van der Waals surface area contributed by atoms with Crippen LogP contribution in [0.2, 0.25) is 0 Å².